The Morgan fingerprint density at radius 2 is 1.77 bits per heavy atom. The lowest BCUT2D eigenvalue weighted by Gasteiger charge is -2.29. The number of amides is 3. The van der Waals surface area contributed by atoms with E-state index in [1.165, 1.54) is 12.8 Å². The predicted octanol–water partition coefficient (Wildman–Crippen LogP) is 3.95. The molecule has 1 aliphatic carbocycles. The average molecular weight is 405 g/mol. The van der Waals surface area contributed by atoms with Crippen LogP contribution < -0.4 is 20.7 Å². The van der Waals surface area contributed by atoms with Gasteiger partial charge in [0.2, 0.25) is 0 Å². The summed E-state index contributed by atoms with van der Waals surface area (Å²) in [5.74, 6) is 0.613. The third kappa shape index (κ3) is 4.64. The van der Waals surface area contributed by atoms with Crippen LogP contribution >= 0.6 is 0 Å². The van der Waals surface area contributed by atoms with Gasteiger partial charge in [-0.3, -0.25) is 4.79 Å². The summed E-state index contributed by atoms with van der Waals surface area (Å²) in [5, 5.41) is 8.55. The lowest BCUT2D eigenvalue weighted by Crippen LogP contribution is -2.46. The Bertz CT molecular complexity index is 932. The number of benzene rings is 2. The van der Waals surface area contributed by atoms with Crippen molar-refractivity contribution in [2.24, 2.45) is 0 Å². The van der Waals surface area contributed by atoms with Gasteiger partial charge in [0.05, 0.1) is 17.7 Å². The van der Waals surface area contributed by atoms with Gasteiger partial charge in [0, 0.05) is 12.2 Å². The molecule has 6 heteroatoms. The minimum atomic E-state index is -0.518. The quantitative estimate of drug-likeness (QED) is 0.681. The Hall–Kier alpha value is -3.28. The summed E-state index contributed by atoms with van der Waals surface area (Å²) in [7, 11) is 0. The van der Waals surface area contributed by atoms with Crippen LogP contribution in [0.2, 0.25) is 0 Å². The first-order valence-electron chi connectivity index (χ1n) is 10.5. The number of rotatable bonds is 6. The van der Waals surface area contributed by atoms with Gasteiger partial charge in [0.1, 0.15) is 5.75 Å². The van der Waals surface area contributed by atoms with Gasteiger partial charge in [-0.2, -0.15) is 0 Å². The van der Waals surface area contributed by atoms with Crippen molar-refractivity contribution >= 4 is 11.9 Å². The van der Waals surface area contributed by atoms with E-state index < -0.39 is 6.04 Å². The molecule has 3 amide bonds. The third-order valence-corrected chi connectivity index (χ3v) is 5.63. The van der Waals surface area contributed by atoms with E-state index >= 15 is 0 Å². The summed E-state index contributed by atoms with van der Waals surface area (Å²) >= 11 is 0. The average Bonchev–Trinajstić information content (AvgIpc) is 3.26. The van der Waals surface area contributed by atoms with Crippen molar-refractivity contribution in [2.45, 2.75) is 51.3 Å². The second-order valence-corrected chi connectivity index (χ2v) is 7.83. The summed E-state index contributed by atoms with van der Waals surface area (Å²) in [6.45, 7) is 2.17. The fourth-order valence-electron chi connectivity index (χ4n) is 4.06. The van der Waals surface area contributed by atoms with Crippen LogP contribution in [0.5, 0.6) is 5.75 Å². The first-order valence-corrected chi connectivity index (χ1v) is 10.5. The highest BCUT2D eigenvalue weighted by Crippen LogP contribution is 2.29. The standard InChI is InChI=1S/C24H27N3O3/c1-16-21(23(28)25-15-17-7-3-2-4-8-17)22(27-24(29)26-16)18-11-13-20(14-12-18)30-19-9-5-6-10-19/h2-4,7-8,11-14,19,22H,5-6,9-10,15H2,1H3,(H,25,28)(H2,26,27,29)/t22-/m0/s1. The number of urea groups is 1. The summed E-state index contributed by atoms with van der Waals surface area (Å²) < 4.78 is 6.03. The minimum Gasteiger partial charge on any atom is -0.490 e. The summed E-state index contributed by atoms with van der Waals surface area (Å²) in [4.78, 5) is 25.1. The molecule has 1 saturated carbocycles. The van der Waals surface area contributed by atoms with E-state index in [4.69, 9.17) is 4.74 Å². The van der Waals surface area contributed by atoms with Crippen molar-refractivity contribution in [3.05, 3.63) is 77.0 Å². The van der Waals surface area contributed by atoms with E-state index in [0.717, 1.165) is 29.7 Å². The highest BCUT2D eigenvalue weighted by molar-refractivity contribution is 5.98. The largest absolute Gasteiger partial charge is 0.490 e. The first-order chi connectivity index (χ1) is 14.6. The van der Waals surface area contributed by atoms with Crippen LogP contribution in [-0.2, 0) is 11.3 Å². The number of hydrogen-bond donors (Lipinski definition) is 3. The number of nitrogens with one attached hydrogen (secondary N) is 3. The lowest BCUT2D eigenvalue weighted by atomic mass is 9.94. The summed E-state index contributed by atoms with van der Waals surface area (Å²) in [5.41, 5.74) is 2.92. The topological polar surface area (TPSA) is 79.5 Å². The number of carbonyl (C=O) groups is 2. The molecular weight excluding hydrogens is 378 g/mol. The lowest BCUT2D eigenvalue weighted by molar-refractivity contribution is -0.118. The van der Waals surface area contributed by atoms with Crippen LogP contribution in [0.3, 0.4) is 0 Å². The van der Waals surface area contributed by atoms with Crippen molar-refractivity contribution in [1.29, 1.82) is 0 Å². The van der Waals surface area contributed by atoms with E-state index in [2.05, 4.69) is 16.0 Å². The molecule has 1 fully saturated rings. The molecule has 1 aliphatic heterocycles. The molecular formula is C24H27N3O3. The highest BCUT2D eigenvalue weighted by Gasteiger charge is 2.31. The van der Waals surface area contributed by atoms with E-state index in [1.807, 2.05) is 54.6 Å². The molecule has 0 unspecified atom stereocenters. The maximum atomic E-state index is 13.0. The zero-order valence-corrected chi connectivity index (χ0v) is 17.1. The molecule has 0 spiro atoms. The normalized spacial score (nSPS) is 19.2. The molecule has 0 bridgehead atoms. The molecule has 1 heterocycles. The number of carbonyl (C=O) groups excluding carboxylic acids is 2. The second-order valence-electron chi connectivity index (χ2n) is 7.83. The molecule has 1 atom stereocenters. The van der Waals surface area contributed by atoms with Crippen LogP contribution in [0.15, 0.2) is 65.9 Å². The number of ether oxygens (including phenoxy) is 1. The SMILES string of the molecule is CC1=C(C(=O)NCc2ccccc2)[C@H](c2ccc(OC3CCCC3)cc2)NC(=O)N1. The Morgan fingerprint density at radius 1 is 1.07 bits per heavy atom. The van der Waals surface area contributed by atoms with Crippen molar-refractivity contribution in [1.82, 2.24) is 16.0 Å². The molecule has 156 valence electrons. The Morgan fingerprint density at radius 3 is 2.47 bits per heavy atom. The Labute approximate surface area is 176 Å². The molecule has 6 nitrogen and oxygen atoms in total. The Balaban J connectivity index is 1.50. The molecule has 2 aliphatic rings. The van der Waals surface area contributed by atoms with Gasteiger partial charge in [-0.1, -0.05) is 42.5 Å². The van der Waals surface area contributed by atoms with Gasteiger partial charge in [0.15, 0.2) is 0 Å². The monoisotopic (exact) mass is 405 g/mol. The smallest absolute Gasteiger partial charge is 0.319 e. The molecule has 2 aromatic rings. The van der Waals surface area contributed by atoms with Crippen LogP contribution in [0.4, 0.5) is 4.79 Å². The van der Waals surface area contributed by atoms with Crippen LogP contribution in [-0.4, -0.2) is 18.0 Å². The molecule has 4 rings (SSSR count). The maximum Gasteiger partial charge on any atom is 0.319 e. The maximum absolute atomic E-state index is 13.0. The predicted molar refractivity (Wildman–Crippen MR) is 115 cm³/mol. The van der Waals surface area contributed by atoms with Gasteiger partial charge in [-0.05, 0) is 55.9 Å². The first kappa shape index (κ1) is 20.0. The fourth-order valence-corrected chi connectivity index (χ4v) is 4.06. The summed E-state index contributed by atoms with van der Waals surface area (Å²) in [6, 6.07) is 16.6. The second kappa shape index (κ2) is 9.03. The van der Waals surface area contributed by atoms with Crippen LogP contribution in [0.1, 0.15) is 49.8 Å². The molecule has 30 heavy (non-hydrogen) atoms. The molecule has 3 N–H and O–H groups in total. The van der Waals surface area contributed by atoms with E-state index in [0.29, 0.717) is 17.8 Å². The van der Waals surface area contributed by atoms with Crippen molar-refractivity contribution in [3.8, 4) is 5.75 Å². The van der Waals surface area contributed by atoms with Crippen LogP contribution in [0, 0.1) is 0 Å². The van der Waals surface area contributed by atoms with Crippen molar-refractivity contribution in [3.63, 3.8) is 0 Å². The van der Waals surface area contributed by atoms with E-state index in [-0.39, 0.29) is 18.0 Å². The molecule has 0 saturated heterocycles. The summed E-state index contributed by atoms with van der Waals surface area (Å²) in [6.07, 6.45) is 4.92. The fraction of sp³-hybridized carbons (Fsp3) is 0.333. The highest BCUT2D eigenvalue weighted by atomic mass is 16.5. The van der Waals surface area contributed by atoms with E-state index in [9.17, 15) is 9.59 Å². The molecule has 0 radical (unpaired) electrons. The number of allylic oxidation sites excluding steroid dienone is 1. The van der Waals surface area contributed by atoms with Gasteiger partial charge in [0.25, 0.3) is 5.91 Å². The van der Waals surface area contributed by atoms with Gasteiger partial charge < -0.3 is 20.7 Å². The Kier molecular flexibility index (Phi) is 6.02. The zero-order chi connectivity index (χ0) is 20.9. The van der Waals surface area contributed by atoms with Gasteiger partial charge in [-0.25, -0.2) is 4.79 Å². The number of hydrogen-bond acceptors (Lipinski definition) is 3. The van der Waals surface area contributed by atoms with E-state index in [1.54, 1.807) is 6.92 Å². The molecule has 2 aromatic carbocycles. The zero-order valence-electron chi connectivity index (χ0n) is 17.1. The van der Waals surface area contributed by atoms with Crippen molar-refractivity contribution < 1.29 is 14.3 Å². The van der Waals surface area contributed by atoms with Crippen molar-refractivity contribution in [2.75, 3.05) is 0 Å². The van der Waals surface area contributed by atoms with Gasteiger partial charge in [-0.15, -0.1) is 0 Å². The van der Waals surface area contributed by atoms with Crippen LogP contribution in [0.25, 0.3) is 0 Å². The third-order valence-electron chi connectivity index (χ3n) is 5.63. The minimum absolute atomic E-state index is 0.208. The molecule has 0 aromatic heterocycles. The van der Waals surface area contributed by atoms with Gasteiger partial charge >= 0.3 is 6.03 Å².